The highest BCUT2D eigenvalue weighted by atomic mass is 35.5. The fraction of sp³-hybridized carbons (Fsp3) is 0.533. The Morgan fingerprint density at radius 2 is 1.76 bits per heavy atom. The fourth-order valence-corrected chi connectivity index (χ4v) is 1.66. The summed E-state index contributed by atoms with van der Waals surface area (Å²) in [6.45, 7) is 7.24. The van der Waals surface area contributed by atoms with Crippen LogP contribution >= 0.6 is 24.8 Å². The summed E-state index contributed by atoms with van der Waals surface area (Å²) in [5, 5.41) is 2.88. The summed E-state index contributed by atoms with van der Waals surface area (Å²) in [7, 11) is 2.01. The van der Waals surface area contributed by atoms with Gasteiger partial charge in [0, 0.05) is 25.8 Å². The SMILES string of the molecule is CN(CCNC(=O)[C@@H](N)C(C)(C)C)c1ccccc1.Cl.Cl. The van der Waals surface area contributed by atoms with E-state index in [9.17, 15) is 4.79 Å². The molecule has 1 rings (SSSR count). The van der Waals surface area contributed by atoms with Gasteiger partial charge in [0.05, 0.1) is 6.04 Å². The minimum absolute atomic E-state index is 0. The van der Waals surface area contributed by atoms with Crippen molar-refractivity contribution >= 4 is 36.4 Å². The number of benzene rings is 1. The maximum atomic E-state index is 11.9. The van der Waals surface area contributed by atoms with Crippen molar-refractivity contribution in [3.63, 3.8) is 0 Å². The van der Waals surface area contributed by atoms with E-state index >= 15 is 0 Å². The smallest absolute Gasteiger partial charge is 0.237 e. The molecule has 0 aliphatic carbocycles. The molecule has 0 radical (unpaired) electrons. The second kappa shape index (κ2) is 9.87. The Balaban J connectivity index is 0. The molecule has 0 saturated carbocycles. The Bertz CT molecular complexity index is 407. The number of nitrogens with one attached hydrogen (secondary N) is 1. The van der Waals surface area contributed by atoms with Crippen molar-refractivity contribution in [2.45, 2.75) is 26.8 Å². The van der Waals surface area contributed by atoms with Gasteiger partial charge in [0.1, 0.15) is 0 Å². The van der Waals surface area contributed by atoms with Crippen molar-refractivity contribution in [2.75, 3.05) is 25.0 Å². The molecule has 122 valence electrons. The van der Waals surface area contributed by atoms with Crippen LogP contribution in [0.4, 0.5) is 5.69 Å². The standard InChI is InChI=1S/C15H25N3O.2ClH/c1-15(2,3)13(16)14(19)17-10-11-18(4)12-8-6-5-7-9-12;;/h5-9,13H,10-11,16H2,1-4H3,(H,17,19);2*1H/t13-;;/m1../s1. The molecule has 0 aliphatic rings. The lowest BCUT2D eigenvalue weighted by molar-refractivity contribution is -0.124. The van der Waals surface area contributed by atoms with Crippen LogP contribution in [-0.2, 0) is 4.79 Å². The molecule has 0 aliphatic heterocycles. The molecule has 0 bridgehead atoms. The Morgan fingerprint density at radius 3 is 2.24 bits per heavy atom. The van der Waals surface area contributed by atoms with Crippen LogP contribution in [0.5, 0.6) is 0 Å². The summed E-state index contributed by atoms with van der Waals surface area (Å²) in [4.78, 5) is 14.0. The molecule has 4 nitrogen and oxygen atoms in total. The summed E-state index contributed by atoms with van der Waals surface area (Å²) in [5.41, 5.74) is 6.82. The van der Waals surface area contributed by atoms with E-state index in [4.69, 9.17) is 5.73 Å². The molecule has 0 heterocycles. The highest BCUT2D eigenvalue weighted by Gasteiger charge is 2.26. The Hall–Kier alpha value is -0.970. The first-order valence-electron chi connectivity index (χ1n) is 6.62. The van der Waals surface area contributed by atoms with Gasteiger partial charge in [-0.15, -0.1) is 24.8 Å². The van der Waals surface area contributed by atoms with Crippen molar-refractivity contribution < 1.29 is 4.79 Å². The average molecular weight is 336 g/mol. The van der Waals surface area contributed by atoms with Crippen molar-refractivity contribution in [1.82, 2.24) is 5.32 Å². The van der Waals surface area contributed by atoms with Gasteiger partial charge in [-0.2, -0.15) is 0 Å². The molecule has 21 heavy (non-hydrogen) atoms. The van der Waals surface area contributed by atoms with E-state index < -0.39 is 6.04 Å². The number of hydrogen-bond acceptors (Lipinski definition) is 3. The molecule has 0 aromatic heterocycles. The van der Waals surface area contributed by atoms with Gasteiger partial charge in [-0.25, -0.2) is 0 Å². The van der Waals surface area contributed by atoms with E-state index in [1.807, 2.05) is 58.2 Å². The summed E-state index contributed by atoms with van der Waals surface area (Å²) in [6, 6.07) is 9.60. The van der Waals surface area contributed by atoms with E-state index in [2.05, 4.69) is 10.2 Å². The summed E-state index contributed by atoms with van der Waals surface area (Å²) in [6.07, 6.45) is 0. The first-order valence-corrected chi connectivity index (χ1v) is 6.62. The molecule has 0 fully saturated rings. The van der Waals surface area contributed by atoms with Gasteiger partial charge in [-0.05, 0) is 17.5 Å². The maximum absolute atomic E-state index is 11.9. The van der Waals surface area contributed by atoms with Gasteiger partial charge in [0.25, 0.3) is 0 Å². The van der Waals surface area contributed by atoms with Crippen LogP contribution in [0.2, 0.25) is 0 Å². The highest BCUT2D eigenvalue weighted by molar-refractivity contribution is 5.85. The number of carbonyl (C=O) groups excluding carboxylic acids is 1. The number of hydrogen-bond donors (Lipinski definition) is 2. The van der Waals surface area contributed by atoms with Crippen LogP contribution in [-0.4, -0.2) is 32.1 Å². The Labute approximate surface area is 140 Å². The maximum Gasteiger partial charge on any atom is 0.237 e. The Morgan fingerprint density at radius 1 is 1.24 bits per heavy atom. The van der Waals surface area contributed by atoms with Crippen LogP contribution in [0.15, 0.2) is 30.3 Å². The number of nitrogens with zero attached hydrogens (tertiary/aromatic N) is 1. The summed E-state index contributed by atoms with van der Waals surface area (Å²) >= 11 is 0. The third-order valence-electron chi connectivity index (χ3n) is 3.16. The Kier molecular flexibility index (Phi) is 10.5. The van der Waals surface area contributed by atoms with Gasteiger partial charge >= 0.3 is 0 Å². The number of halogens is 2. The molecule has 0 spiro atoms. The zero-order valence-electron chi connectivity index (χ0n) is 13.1. The minimum atomic E-state index is -0.477. The number of anilines is 1. The van der Waals surface area contributed by atoms with E-state index in [-0.39, 0.29) is 36.1 Å². The van der Waals surface area contributed by atoms with Crippen LogP contribution in [0, 0.1) is 5.41 Å². The van der Waals surface area contributed by atoms with E-state index in [1.54, 1.807) is 0 Å². The molecule has 1 aromatic rings. The van der Waals surface area contributed by atoms with Crippen molar-refractivity contribution in [3.05, 3.63) is 30.3 Å². The number of carbonyl (C=O) groups is 1. The molecule has 6 heteroatoms. The van der Waals surface area contributed by atoms with Crippen molar-refractivity contribution in [2.24, 2.45) is 11.1 Å². The summed E-state index contributed by atoms with van der Waals surface area (Å²) in [5.74, 6) is -0.0889. The second-order valence-electron chi connectivity index (χ2n) is 5.89. The molecular formula is C15H27Cl2N3O. The molecule has 3 N–H and O–H groups in total. The zero-order valence-corrected chi connectivity index (χ0v) is 14.8. The van der Waals surface area contributed by atoms with Gasteiger partial charge in [-0.1, -0.05) is 39.0 Å². The number of nitrogens with two attached hydrogens (primary N) is 1. The number of likely N-dealkylation sites (N-methyl/N-ethyl adjacent to an activating group) is 1. The normalized spacial score (nSPS) is 11.7. The van der Waals surface area contributed by atoms with E-state index in [0.717, 1.165) is 12.2 Å². The van der Waals surface area contributed by atoms with Crippen molar-refractivity contribution in [1.29, 1.82) is 0 Å². The summed E-state index contributed by atoms with van der Waals surface area (Å²) < 4.78 is 0. The first kappa shape index (κ1) is 22.3. The molecule has 1 aromatic carbocycles. The van der Waals surface area contributed by atoms with Gasteiger partial charge in [0.15, 0.2) is 0 Å². The topological polar surface area (TPSA) is 58.4 Å². The highest BCUT2D eigenvalue weighted by Crippen LogP contribution is 2.17. The van der Waals surface area contributed by atoms with Gasteiger partial charge in [0.2, 0.25) is 5.91 Å². The number of para-hydroxylation sites is 1. The lowest BCUT2D eigenvalue weighted by atomic mass is 9.87. The predicted octanol–water partition coefficient (Wildman–Crippen LogP) is 2.46. The van der Waals surface area contributed by atoms with Gasteiger partial charge in [-0.3, -0.25) is 4.79 Å². The first-order chi connectivity index (χ1) is 8.82. The number of amides is 1. The van der Waals surface area contributed by atoms with Crippen LogP contribution < -0.4 is 16.0 Å². The average Bonchev–Trinajstić information content (AvgIpc) is 2.37. The fourth-order valence-electron chi connectivity index (χ4n) is 1.66. The van der Waals surface area contributed by atoms with E-state index in [1.165, 1.54) is 0 Å². The molecule has 1 atom stereocenters. The minimum Gasteiger partial charge on any atom is -0.373 e. The molecule has 1 amide bonds. The third kappa shape index (κ3) is 7.55. The predicted molar refractivity (Wildman–Crippen MR) is 94.6 cm³/mol. The number of rotatable bonds is 5. The third-order valence-corrected chi connectivity index (χ3v) is 3.16. The molecular weight excluding hydrogens is 309 g/mol. The monoisotopic (exact) mass is 335 g/mol. The van der Waals surface area contributed by atoms with Crippen LogP contribution in [0.1, 0.15) is 20.8 Å². The quantitative estimate of drug-likeness (QED) is 0.868. The second-order valence-corrected chi connectivity index (χ2v) is 5.89. The lowest BCUT2D eigenvalue weighted by Crippen LogP contribution is -2.49. The van der Waals surface area contributed by atoms with Crippen molar-refractivity contribution in [3.8, 4) is 0 Å². The lowest BCUT2D eigenvalue weighted by Gasteiger charge is -2.26. The van der Waals surface area contributed by atoms with Crippen LogP contribution in [0.3, 0.4) is 0 Å². The largest absolute Gasteiger partial charge is 0.373 e. The molecule has 0 unspecified atom stereocenters. The molecule has 0 saturated heterocycles. The zero-order chi connectivity index (χ0) is 14.5. The van der Waals surface area contributed by atoms with Crippen LogP contribution in [0.25, 0.3) is 0 Å². The van der Waals surface area contributed by atoms with Gasteiger partial charge < -0.3 is 16.0 Å². The van der Waals surface area contributed by atoms with E-state index in [0.29, 0.717) is 6.54 Å².